The van der Waals surface area contributed by atoms with Crippen molar-refractivity contribution < 1.29 is 16.8 Å². The first-order valence-corrected chi connectivity index (χ1v) is 15.4. The van der Waals surface area contributed by atoms with Crippen LogP contribution in [0.3, 0.4) is 0 Å². The summed E-state index contributed by atoms with van der Waals surface area (Å²) >= 11 is 6.35. The average Bonchev–Trinajstić information content (AvgIpc) is 2.93. The lowest BCUT2D eigenvalue weighted by atomic mass is 10.2. The highest BCUT2D eigenvalue weighted by Gasteiger charge is 2.28. The molecule has 0 amide bonds. The summed E-state index contributed by atoms with van der Waals surface area (Å²) in [6, 6.07) is 31.1. The Morgan fingerprint density at radius 3 is 1.45 bits per heavy atom. The molecular weight excluding hydrogens is 540 g/mol. The predicted molar refractivity (Wildman–Crippen MR) is 150 cm³/mol. The lowest BCUT2D eigenvalue weighted by molar-refractivity contribution is 0.401. The molecule has 6 nitrogen and oxygen atoms in total. The Morgan fingerprint density at radius 1 is 0.553 bits per heavy atom. The first-order chi connectivity index (χ1) is 18.2. The molecule has 0 atom stereocenters. The third kappa shape index (κ3) is 6.51. The molecule has 0 aliphatic heterocycles. The van der Waals surface area contributed by atoms with E-state index in [0.717, 1.165) is 11.1 Å². The SMILES string of the molecule is CCN(Cc1ccccc1)S(=O)(=O)c1ccc(S(=O)(=O)N(Cc2ccccc2)Cc2ccccc2Cl)cc1. The van der Waals surface area contributed by atoms with Crippen molar-refractivity contribution in [3.63, 3.8) is 0 Å². The van der Waals surface area contributed by atoms with Gasteiger partial charge in [0.15, 0.2) is 0 Å². The Kier molecular flexibility index (Phi) is 9.02. The minimum atomic E-state index is -3.98. The van der Waals surface area contributed by atoms with Gasteiger partial charge in [-0.1, -0.05) is 97.4 Å². The molecule has 0 aliphatic carbocycles. The minimum Gasteiger partial charge on any atom is -0.207 e. The van der Waals surface area contributed by atoms with E-state index in [9.17, 15) is 16.8 Å². The third-order valence-electron chi connectivity index (χ3n) is 6.16. The fourth-order valence-corrected chi connectivity index (χ4v) is 7.10. The molecule has 0 aliphatic rings. The summed E-state index contributed by atoms with van der Waals surface area (Å²) in [5.74, 6) is 0. The third-order valence-corrected chi connectivity index (χ3v) is 10.3. The van der Waals surface area contributed by atoms with Crippen LogP contribution in [-0.4, -0.2) is 32.0 Å². The average molecular weight is 569 g/mol. The van der Waals surface area contributed by atoms with Crippen molar-refractivity contribution in [2.75, 3.05) is 6.54 Å². The van der Waals surface area contributed by atoms with Crippen molar-refractivity contribution in [3.05, 3.63) is 131 Å². The van der Waals surface area contributed by atoms with E-state index >= 15 is 0 Å². The Labute approximate surface area is 230 Å². The number of hydrogen-bond acceptors (Lipinski definition) is 4. The van der Waals surface area contributed by atoms with Crippen molar-refractivity contribution in [3.8, 4) is 0 Å². The van der Waals surface area contributed by atoms with E-state index in [1.807, 2.05) is 66.7 Å². The van der Waals surface area contributed by atoms with Crippen LogP contribution < -0.4 is 0 Å². The Hall–Kier alpha value is -3.01. The van der Waals surface area contributed by atoms with E-state index in [1.165, 1.54) is 32.9 Å². The Morgan fingerprint density at radius 2 is 0.974 bits per heavy atom. The molecule has 0 saturated heterocycles. The molecule has 0 aromatic heterocycles. The van der Waals surface area contributed by atoms with E-state index in [0.29, 0.717) is 10.6 Å². The second-order valence-electron chi connectivity index (χ2n) is 8.74. The van der Waals surface area contributed by atoms with Gasteiger partial charge in [-0.05, 0) is 47.0 Å². The van der Waals surface area contributed by atoms with Crippen molar-refractivity contribution >= 4 is 31.6 Å². The van der Waals surface area contributed by atoms with Gasteiger partial charge in [0.05, 0.1) is 9.79 Å². The number of sulfonamides is 2. The van der Waals surface area contributed by atoms with E-state index in [4.69, 9.17) is 11.6 Å². The number of hydrogen-bond donors (Lipinski definition) is 0. The first-order valence-electron chi connectivity index (χ1n) is 12.1. The van der Waals surface area contributed by atoms with Crippen LogP contribution in [0.5, 0.6) is 0 Å². The molecule has 0 N–H and O–H groups in total. The monoisotopic (exact) mass is 568 g/mol. The Balaban J connectivity index is 1.63. The molecule has 0 unspecified atom stereocenters. The van der Waals surface area contributed by atoms with Crippen molar-refractivity contribution in [2.45, 2.75) is 36.3 Å². The van der Waals surface area contributed by atoms with Gasteiger partial charge in [0.25, 0.3) is 0 Å². The highest BCUT2D eigenvalue weighted by atomic mass is 35.5. The van der Waals surface area contributed by atoms with Crippen LogP contribution in [0.4, 0.5) is 0 Å². The van der Waals surface area contributed by atoms with Gasteiger partial charge in [-0.3, -0.25) is 0 Å². The maximum atomic E-state index is 13.8. The molecule has 198 valence electrons. The lowest BCUT2D eigenvalue weighted by Gasteiger charge is -2.24. The second-order valence-corrected chi connectivity index (χ2v) is 13.0. The summed E-state index contributed by atoms with van der Waals surface area (Å²) < 4.78 is 56.9. The Bertz CT molecular complexity index is 1560. The summed E-state index contributed by atoms with van der Waals surface area (Å²) in [5.41, 5.74) is 2.36. The van der Waals surface area contributed by atoms with Crippen LogP contribution in [-0.2, 0) is 39.7 Å². The summed E-state index contributed by atoms with van der Waals surface area (Å²) in [6.07, 6.45) is 0. The molecule has 0 heterocycles. The van der Waals surface area contributed by atoms with Gasteiger partial charge in [0.2, 0.25) is 20.0 Å². The van der Waals surface area contributed by atoms with Gasteiger partial charge in [-0.15, -0.1) is 0 Å². The van der Waals surface area contributed by atoms with Gasteiger partial charge >= 0.3 is 0 Å². The zero-order valence-corrected chi connectivity index (χ0v) is 23.3. The number of halogens is 1. The van der Waals surface area contributed by atoms with Crippen LogP contribution in [0.15, 0.2) is 119 Å². The van der Waals surface area contributed by atoms with Crippen LogP contribution in [0, 0.1) is 0 Å². The fraction of sp³-hybridized carbons (Fsp3) is 0.172. The summed E-state index contributed by atoms with van der Waals surface area (Å²) in [7, 11) is -7.81. The highest BCUT2D eigenvalue weighted by molar-refractivity contribution is 7.89. The summed E-state index contributed by atoms with van der Waals surface area (Å²) in [6.45, 7) is 2.48. The number of benzene rings is 4. The summed E-state index contributed by atoms with van der Waals surface area (Å²) in [5, 5.41) is 0.472. The zero-order chi connectivity index (χ0) is 27.2. The molecule has 0 radical (unpaired) electrons. The van der Waals surface area contributed by atoms with Crippen LogP contribution in [0.2, 0.25) is 5.02 Å². The number of nitrogens with zero attached hydrogens (tertiary/aromatic N) is 2. The maximum Gasteiger partial charge on any atom is 0.243 e. The lowest BCUT2D eigenvalue weighted by Crippen LogP contribution is -2.31. The van der Waals surface area contributed by atoms with Crippen molar-refractivity contribution in [2.24, 2.45) is 0 Å². The van der Waals surface area contributed by atoms with Crippen LogP contribution >= 0.6 is 11.6 Å². The number of rotatable bonds is 11. The second kappa shape index (κ2) is 12.2. The van der Waals surface area contributed by atoms with Crippen molar-refractivity contribution in [1.82, 2.24) is 8.61 Å². The largest absolute Gasteiger partial charge is 0.243 e. The van der Waals surface area contributed by atoms with Crippen LogP contribution in [0.1, 0.15) is 23.6 Å². The topological polar surface area (TPSA) is 74.8 Å². The molecule has 4 rings (SSSR count). The molecule has 4 aromatic carbocycles. The fourth-order valence-electron chi connectivity index (χ4n) is 4.07. The standard InChI is InChI=1S/C29H29ClN2O4S2/c1-2-31(21-24-11-5-3-6-12-24)37(33,34)27-17-19-28(20-18-27)38(35,36)32(22-25-13-7-4-8-14-25)23-26-15-9-10-16-29(26)30/h3-20H,2,21-23H2,1H3. The molecule has 0 fully saturated rings. The van der Waals surface area contributed by atoms with Gasteiger partial charge in [-0.25, -0.2) is 16.8 Å². The van der Waals surface area contributed by atoms with Gasteiger partial charge in [-0.2, -0.15) is 8.61 Å². The van der Waals surface area contributed by atoms with Gasteiger partial charge in [0, 0.05) is 31.2 Å². The quantitative estimate of drug-likeness (QED) is 0.224. The van der Waals surface area contributed by atoms with E-state index in [1.54, 1.807) is 25.1 Å². The molecule has 0 saturated carbocycles. The molecule has 9 heteroatoms. The zero-order valence-electron chi connectivity index (χ0n) is 20.9. The van der Waals surface area contributed by atoms with Crippen molar-refractivity contribution in [1.29, 1.82) is 0 Å². The molecule has 0 spiro atoms. The molecule has 4 aromatic rings. The van der Waals surface area contributed by atoms with E-state index in [-0.39, 0.29) is 36.0 Å². The van der Waals surface area contributed by atoms with E-state index in [2.05, 4.69) is 0 Å². The van der Waals surface area contributed by atoms with E-state index < -0.39 is 20.0 Å². The van der Waals surface area contributed by atoms with Crippen LogP contribution in [0.25, 0.3) is 0 Å². The highest BCUT2D eigenvalue weighted by Crippen LogP contribution is 2.26. The smallest absolute Gasteiger partial charge is 0.207 e. The summed E-state index contributed by atoms with van der Waals surface area (Å²) in [4.78, 5) is 0.0421. The van der Waals surface area contributed by atoms with Gasteiger partial charge < -0.3 is 0 Å². The minimum absolute atomic E-state index is 0.00513. The molecular formula is C29H29ClN2O4S2. The maximum absolute atomic E-state index is 13.8. The normalized spacial score (nSPS) is 12.2. The molecule has 38 heavy (non-hydrogen) atoms. The molecule has 0 bridgehead atoms. The van der Waals surface area contributed by atoms with Gasteiger partial charge in [0.1, 0.15) is 0 Å². The first kappa shape index (κ1) is 28.0. The predicted octanol–water partition coefficient (Wildman–Crippen LogP) is 5.94.